The maximum Gasteiger partial charge on any atom is 0.326 e. The van der Waals surface area contributed by atoms with Crippen LogP contribution < -0.4 is 10.6 Å². The first-order valence-electron chi connectivity index (χ1n) is 13.6. The molecule has 1 unspecified atom stereocenters. The van der Waals surface area contributed by atoms with Gasteiger partial charge in [0.1, 0.15) is 11.9 Å². The van der Waals surface area contributed by atoms with Crippen LogP contribution in [0, 0.1) is 5.41 Å². The number of ether oxygens (including phenoxy) is 1. The lowest BCUT2D eigenvalue weighted by Gasteiger charge is -2.27. The molecule has 0 saturated heterocycles. The van der Waals surface area contributed by atoms with Crippen molar-refractivity contribution in [3.05, 3.63) is 23.4 Å². The van der Waals surface area contributed by atoms with Crippen LogP contribution in [-0.4, -0.2) is 71.3 Å². The van der Waals surface area contributed by atoms with E-state index in [1.54, 1.807) is 0 Å². The largest absolute Gasteiger partial charge is 0.480 e. The molecule has 3 N–H and O–H groups in total. The zero-order valence-electron chi connectivity index (χ0n) is 22.7. The van der Waals surface area contributed by atoms with E-state index in [1.165, 1.54) is 5.56 Å². The predicted molar refractivity (Wildman–Crippen MR) is 142 cm³/mol. The van der Waals surface area contributed by atoms with Gasteiger partial charge in [-0.2, -0.15) is 0 Å². The number of aliphatic carboxylic acids is 1. The molecule has 1 aromatic rings. The number of aromatic nitrogens is 1. The summed E-state index contributed by atoms with van der Waals surface area (Å²) in [5.74, 6) is -0.0866. The van der Waals surface area contributed by atoms with Crippen LogP contribution in [0.25, 0.3) is 0 Å². The van der Waals surface area contributed by atoms with E-state index in [-0.39, 0.29) is 16.9 Å². The average Bonchev–Trinajstić information content (AvgIpc) is 3.53. The number of pyridine rings is 1. The van der Waals surface area contributed by atoms with E-state index in [2.05, 4.69) is 34.6 Å². The minimum atomic E-state index is -0.970. The number of nitrogens with zero attached hydrogens (tertiary/aromatic N) is 2. The van der Waals surface area contributed by atoms with Gasteiger partial charge in [0, 0.05) is 31.7 Å². The second-order valence-corrected chi connectivity index (χ2v) is 11.8. The number of carbonyl (C=O) groups is 2. The maximum atomic E-state index is 12.4. The number of carboxylic acid groups (broad SMARTS) is 1. The van der Waals surface area contributed by atoms with Crippen LogP contribution in [0.1, 0.15) is 83.9 Å². The summed E-state index contributed by atoms with van der Waals surface area (Å²) in [6.45, 7) is 12.0. The standard InChI is InChI=1S/C28H46N4O4/c1-27(2,3)36-19-18-32(17-12-23(26(34)35)31-24(33)20-28(4)13-14-28)16-6-5-9-22-11-10-21-8-7-15-29-25(21)30-22/h10-11,23H,5-9,12-20H2,1-4H3,(H,29,30)(H,31,33)(H,34,35). The Labute approximate surface area is 216 Å². The van der Waals surface area contributed by atoms with Gasteiger partial charge >= 0.3 is 5.97 Å². The molecule has 1 fully saturated rings. The normalized spacial score (nSPS) is 17.2. The Balaban J connectivity index is 1.47. The highest BCUT2D eigenvalue weighted by Gasteiger charge is 2.39. The number of aryl methyl sites for hydroxylation is 2. The minimum Gasteiger partial charge on any atom is -0.480 e. The lowest BCUT2D eigenvalue weighted by atomic mass is 10.0. The van der Waals surface area contributed by atoms with Crippen LogP contribution >= 0.6 is 0 Å². The van der Waals surface area contributed by atoms with Crippen molar-refractivity contribution in [3.63, 3.8) is 0 Å². The SMILES string of the molecule is CC1(CC(=O)NC(CCN(CCCCc2ccc3c(n2)NCCC3)CCOC(C)(C)C)C(=O)O)CC1. The molecule has 202 valence electrons. The third-order valence-electron chi connectivity index (χ3n) is 7.11. The lowest BCUT2D eigenvalue weighted by molar-refractivity contribution is -0.142. The summed E-state index contributed by atoms with van der Waals surface area (Å²) < 4.78 is 5.92. The molecule has 8 nitrogen and oxygen atoms in total. The number of carboxylic acids is 1. The molecule has 1 atom stereocenters. The van der Waals surface area contributed by atoms with Gasteiger partial charge < -0.3 is 25.4 Å². The molecule has 36 heavy (non-hydrogen) atoms. The molecule has 0 aromatic carbocycles. The Bertz CT molecular complexity index is 879. The van der Waals surface area contributed by atoms with Gasteiger partial charge in [0.15, 0.2) is 0 Å². The smallest absolute Gasteiger partial charge is 0.326 e. The number of hydrogen-bond acceptors (Lipinski definition) is 6. The Morgan fingerprint density at radius 3 is 2.69 bits per heavy atom. The molecule has 1 aliphatic carbocycles. The fourth-order valence-corrected chi connectivity index (χ4v) is 4.56. The highest BCUT2D eigenvalue weighted by atomic mass is 16.5. The van der Waals surface area contributed by atoms with Crippen molar-refractivity contribution < 1.29 is 19.4 Å². The fourth-order valence-electron chi connectivity index (χ4n) is 4.56. The summed E-state index contributed by atoms with van der Waals surface area (Å²) in [6.07, 6.45) is 8.05. The predicted octanol–water partition coefficient (Wildman–Crippen LogP) is 4.03. The minimum absolute atomic E-state index is 0.0619. The summed E-state index contributed by atoms with van der Waals surface area (Å²) in [6, 6.07) is 3.48. The van der Waals surface area contributed by atoms with Crippen LogP contribution in [0.3, 0.4) is 0 Å². The van der Waals surface area contributed by atoms with E-state index < -0.39 is 12.0 Å². The highest BCUT2D eigenvalue weighted by molar-refractivity contribution is 5.84. The van der Waals surface area contributed by atoms with Crippen molar-refractivity contribution in [1.82, 2.24) is 15.2 Å². The van der Waals surface area contributed by atoms with Gasteiger partial charge in [-0.15, -0.1) is 0 Å². The number of rotatable bonds is 15. The van der Waals surface area contributed by atoms with Gasteiger partial charge in [-0.3, -0.25) is 4.79 Å². The van der Waals surface area contributed by atoms with Gasteiger partial charge in [-0.1, -0.05) is 13.0 Å². The van der Waals surface area contributed by atoms with Crippen LogP contribution in [0.4, 0.5) is 5.82 Å². The molecule has 8 heteroatoms. The molecule has 1 amide bonds. The Morgan fingerprint density at radius 1 is 1.22 bits per heavy atom. The van der Waals surface area contributed by atoms with E-state index in [0.717, 1.165) is 76.1 Å². The van der Waals surface area contributed by atoms with Crippen molar-refractivity contribution in [3.8, 4) is 0 Å². The van der Waals surface area contributed by atoms with Crippen molar-refractivity contribution in [2.45, 2.75) is 97.1 Å². The monoisotopic (exact) mass is 502 g/mol. The second kappa shape index (κ2) is 12.9. The van der Waals surface area contributed by atoms with E-state index in [1.807, 2.05) is 20.8 Å². The van der Waals surface area contributed by atoms with Gasteiger partial charge in [0.2, 0.25) is 5.91 Å². The maximum absolute atomic E-state index is 12.4. The molecule has 0 bridgehead atoms. The molecule has 2 heterocycles. The molecule has 3 rings (SSSR count). The second-order valence-electron chi connectivity index (χ2n) is 11.8. The van der Waals surface area contributed by atoms with Crippen molar-refractivity contribution >= 4 is 17.7 Å². The third-order valence-corrected chi connectivity index (χ3v) is 7.11. The number of carbonyl (C=O) groups excluding carboxylic acids is 1. The summed E-state index contributed by atoms with van der Waals surface area (Å²) in [5.41, 5.74) is 2.27. The summed E-state index contributed by atoms with van der Waals surface area (Å²) in [4.78, 5) is 31.2. The van der Waals surface area contributed by atoms with Crippen LogP contribution in [0.5, 0.6) is 0 Å². The van der Waals surface area contributed by atoms with E-state index >= 15 is 0 Å². The van der Waals surface area contributed by atoms with Crippen LogP contribution in [0.15, 0.2) is 12.1 Å². The first-order chi connectivity index (χ1) is 17.0. The zero-order chi connectivity index (χ0) is 26.2. The van der Waals surface area contributed by atoms with Gasteiger partial charge in [0.25, 0.3) is 0 Å². The molecule has 0 radical (unpaired) electrons. The number of anilines is 1. The number of fused-ring (bicyclic) bond motifs is 1. The third kappa shape index (κ3) is 10.1. The first kappa shape index (κ1) is 28.4. The van der Waals surface area contributed by atoms with Crippen LogP contribution in [-0.2, 0) is 27.2 Å². The van der Waals surface area contributed by atoms with Crippen molar-refractivity contribution in [2.75, 3.05) is 38.1 Å². The molecule has 2 aliphatic rings. The van der Waals surface area contributed by atoms with Crippen molar-refractivity contribution in [2.24, 2.45) is 5.41 Å². The fraction of sp³-hybridized carbons (Fsp3) is 0.750. The summed E-state index contributed by atoms with van der Waals surface area (Å²) >= 11 is 0. The van der Waals surface area contributed by atoms with Crippen LogP contribution in [0.2, 0.25) is 0 Å². The van der Waals surface area contributed by atoms with E-state index in [4.69, 9.17) is 9.72 Å². The molecule has 1 saturated carbocycles. The van der Waals surface area contributed by atoms with Gasteiger partial charge in [-0.25, -0.2) is 9.78 Å². The number of amides is 1. The van der Waals surface area contributed by atoms with E-state index in [0.29, 0.717) is 26.0 Å². The molecule has 1 aromatic heterocycles. The number of unbranched alkanes of at least 4 members (excludes halogenated alkanes) is 1. The van der Waals surface area contributed by atoms with Gasteiger partial charge in [-0.05, 0) is 95.7 Å². The summed E-state index contributed by atoms with van der Waals surface area (Å²) in [5, 5.41) is 15.8. The number of hydrogen-bond donors (Lipinski definition) is 3. The summed E-state index contributed by atoms with van der Waals surface area (Å²) in [7, 11) is 0. The Morgan fingerprint density at radius 2 is 2.00 bits per heavy atom. The molecular weight excluding hydrogens is 456 g/mol. The van der Waals surface area contributed by atoms with E-state index in [9.17, 15) is 14.7 Å². The highest BCUT2D eigenvalue weighted by Crippen LogP contribution is 2.47. The number of nitrogens with one attached hydrogen (secondary N) is 2. The quantitative estimate of drug-likeness (QED) is 0.311. The lowest BCUT2D eigenvalue weighted by Crippen LogP contribution is -2.44. The molecule has 0 spiro atoms. The average molecular weight is 503 g/mol. The molecular formula is C28H46N4O4. The Kier molecular flexibility index (Phi) is 10.1. The Hall–Kier alpha value is -2.19. The van der Waals surface area contributed by atoms with Crippen molar-refractivity contribution in [1.29, 1.82) is 0 Å². The molecule has 1 aliphatic heterocycles. The first-order valence-corrected chi connectivity index (χ1v) is 13.6. The topological polar surface area (TPSA) is 104 Å². The zero-order valence-corrected chi connectivity index (χ0v) is 22.7. The van der Waals surface area contributed by atoms with Gasteiger partial charge in [0.05, 0.1) is 12.2 Å².